The number of rotatable bonds is 6. The summed E-state index contributed by atoms with van der Waals surface area (Å²) in [5, 5.41) is 12.5. The van der Waals surface area contributed by atoms with Crippen LogP contribution in [0, 0.1) is 6.92 Å². The molecule has 3 aromatic carbocycles. The van der Waals surface area contributed by atoms with Gasteiger partial charge in [-0.15, -0.1) is 0 Å². The molecule has 3 aromatic rings. The highest BCUT2D eigenvalue weighted by Gasteiger charge is 2.26. The SMILES string of the molecule is COc1ccccc1C(=O)Nc1ccc(N2CCC(c3ccccc3C)C2)cc1C(=O)O. The lowest BCUT2D eigenvalue weighted by molar-refractivity contribution is 0.0698. The van der Waals surface area contributed by atoms with Gasteiger partial charge in [-0.2, -0.15) is 0 Å². The van der Waals surface area contributed by atoms with Crippen molar-refractivity contribution in [2.75, 3.05) is 30.4 Å². The highest BCUT2D eigenvalue weighted by atomic mass is 16.5. The molecule has 164 valence electrons. The van der Waals surface area contributed by atoms with Gasteiger partial charge in [-0.25, -0.2) is 4.79 Å². The van der Waals surface area contributed by atoms with E-state index < -0.39 is 11.9 Å². The molecule has 6 heteroatoms. The van der Waals surface area contributed by atoms with Gasteiger partial charge in [-0.3, -0.25) is 4.79 Å². The number of nitrogens with zero attached hydrogens (tertiary/aromatic N) is 1. The molecule has 1 unspecified atom stereocenters. The Morgan fingerprint density at radius 2 is 1.78 bits per heavy atom. The molecule has 1 saturated heterocycles. The Balaban J connectivity index is 1.55. The number of carbonyl (C=O) groups is 2. The molecule has 0 radical (unpaired) electrons. The van der Waals surface area contributed by atoms with Crippen molar-refractivity contribution in [1.82, 2.24) is 0 Å². The fourth-order valence-corrected chi connectivity index (χ4v) is 4.33. The highest BCUT2D eigenvalue weighted by molar-refractivity contribution is 6.09. The van der Waals surface area contributed by atoms with Crippen molar-refractivity contribution in [3.05, 3.63) is 89.0 Å². The minimum atomic E-state index is -1.09. The standard InChI is InChI=1S/C26H26N2O4/c1-17-7-3-4-8-20(17)18-13-14-28(16-18)19-11-12-23(22(15-19)26(30)31)27-25(29)21-9-5-6-10-24(21)32-2/h3-12,15,18H,13-14,16H2,1-2H3,(H,27,29)(H,30,31). The molecule has 1 aliphatic heterocycles. The summed E-state index contributed by atoms with van der Waals surface area (Å²) in [7, 11) is 1.49. The number of hydrogen-bond acceptors (Lipinski definition) is 4. The van der Waals surface area contributed by atoms with Crippen LogP contribution in [0.25, 0.3) is 0 Å². The lowest BCUT2D eigenvalue weighted by atomic mass is 9.94. The first-order chi connectivity index (χ1) is 15.5. The maximum absolute atomic E-state index is 12.7. The molecule has 1 atom stereocenters. The Morgan fingerprint density at radius 1 is 1.03 bits per heavy atom. The molecular weight excluding hydrogens is 404 g/mol. The van der Waals surface area contributed by atoms with E-state index in [1.165, 1.54) is 18.2 Å². The van der Waals surface area contributed by atoms with Crippen molar-refractivity contribution in [1.29, 1.82) is 0 Å². The number of carboxylic acids is 1. The van der Waals surface area contributed by atoms with Gasteiger partial charge in [-0.05, 0) is 54.8 Å². The first-order valence-corrected chi connectivity index (χ1v) is 10.6. The van der Waals surface area contributed by atoms with Crippen LogP contribution in [0.5, 0.6) is 5.75 Å². The fraction of sp³-hybridized carbons (Fsp3) is 0.231. The number of para-hydroxylation sites is 1. The van der Waals surface area contributed by atoms with Gasteiger partial charge in [0, 0.05) is 24.7 Å². The van der Waals surface area contributed by atoms with Gasteiger partial charge in [0.15, 0.2) is 0 Å². The Labute approximate surface area is 187 Å². The van der Waals surface area contributed by atoms with Gasteiger partial charge < -0.3 is 20.1 Å². The van der Waals surface area contributed by atoms with Crippen LogP contribution in [-0.2, 0) is 0 Å². The molecule has 4 rings (SSSR count). The van der Waals surface area contributed by atoms with Crippen LogP contribution in [0.4, 0.5) is 11.4 Å². The van der Waals surface area contributed by atoms with Gasteiger partial charge in [-0.1, -0.05) is 36.4 Å². The molecule has 1 aliphatic rings. The maximum atomic E-state index is 12.7. The minimum Gasteiger partial charge on any atom is -0.496 e. The molecule has 1 amide bonds. The predicted molar refractivity (Wildman–Crippen MR) is 125 cm³/mol. The molecule has 2 N–H and O–H groups in total. The molecule has 32 heavy (non-hydrogen) atoms. The van der Waals surface area contributed by atoms with Crippen molar-refractivity contribution in [3.8, 4) is 5.75 Å². The largest absolute Gasteiger partial charge is 0.496 e. The summed E-state index contributed by atoms with van der Waals surface area (Å²) >= 11 is 0. The van der Waals surface area contributed by atoms with Gasteiger partial charge in [0.2, 0.25) is 0 Å². The third-order valence-corrected chi connectivity index (χ3v) is 6.02. The number of nitrogens with one attached hydrogen (secondary N) is 1. The quantitative estimate of drug-likeness (QED) is 0.579. The zero-order valence-electron chi connectivity index (χ0n) is 18.2. The second-order valence-corrected chi connectivity index (χ2v) is 7.98. The number of ether oxygens (including phenoxy) is 1. The Kier molecular flexibility index (Phi) is 6.12. The smallest absolute Gasteiger partial charge is 0.337 e. The van der Waals surface area contributed by atoms with Crippen LogP contribution >= 0.6 is 0 Å². The van der Waals surface area contributed by atoms with Crippen molar-refractivity contribution >= 4 is 23.3 Å². The summed E-state index contributed by atoms with van der Waals surface area (Å²) in [5.74, 6) is -0.664. The van der Waals surface area contributed by atoms with Crippen molar-refractivity contribution in [3.63, 3.8) is 0 Å². The molecule has 1 heterocycles. The van der Waals surface area contributed by atoms with E-state index in [4.69, 9.17) is 4.74 Å². The number of benzene rings is 3. The number of amides is 1. The summed E-state index contributed by atoms with van der Waals surface area (Å²) in [6, 6.07) is 20.4. The monoisotopic (exact) mass is 430 g/mol. The van der Waals surface area contributed by atoms with E-state index in [0.717, 1.165) is 25.2 Å². The van der Waals surface area contributed by atoms with Gasteiger partial charge >= 0.3 is 5.97 Å². The van der Waals surface area contributed by atoms with E-state index in [2.05, 4.69) is 35.3 Å². The second-order valence-electron chi connectivity index (χ2n) is 7.98. The number of methoxy groups -OCH3 is 1. The zero-order chi connectivity index (χ0) is 22.7. The maximum Gasteiger partial charge on any atom is 0.337 e. The van der Waals surface area contributed by atoms with Crippen molar-refractivity contribution in [2.45, 2.75) is 19.3 Å². The molecule has 6 nitrogen and oxygen atoms in total. The Morgan fingerprint density at radius 3 is 2.53 bits per heavy atom. The first kappa shape index (κ1) is 21.4. The molecule has 1 fully saturated rings. The van der Waals surface area contributed by atoms with Crippen LogP contribution in [0.3, 0.4) is 0 Å². The lowest BCUT2D eigenvalue weighted by Crippen LogP contribution is -2.21. The number of carbonyl (C=O) groups excluding carboxylic acids is 1. The van der Waals surface area contributed by atoms with Gasteiger partial charge in [0.1, 0.15) is 5.75 Å². The average molecular weight is 431 g/mol. The summed E-state index contributed by atoms with van der Waals surface area (Å²) < 4.78 is 5.24. The second kappa shape index (κ2) is 9.14. The van der Waals surface area contributed by atoms with Crippen LogP contribution in [0.2, 0.25) is 0 Å². The topological polar surface area (TPSA) is 78.9 Å². The molecule has 0 saturated carbocycles. The average Bonchev–Trinajstić information content (AvgIpc) is 3.29. The van der Waals surface area contributed by atoms with Gasteiger partial charge in [0.25, 0.3) is 5.91 Å². The number of aromatic carboxylic acids is 1. The molecule has 0 aromatic heterocycles. The normalized spacial score (nSPS) is 15.4. The van der Waals surface area contributed by atoms with Crippen molar-refractivity contribution < 1.29 is 19.4 Å². The van der Waals surface area contributed by atoms with Crippen LogP contribution in [-0.4, -0.2) is 37.2 Å². The highest BCUT2D eigenvalue weighted by Crippen LogP contribution is 2.34. The van der Waals surface area contributed by atoms with E-state index in [0.29, 0.717) is 17.2 Å². The van der Waals surface area contributed by atoms with E-state index in [1.54, 1.807) is 36.4 Å². The van der Waals surface area contributed by atoms with E-state index in [9.17, 15) is 14.7 Å². The van der Waals surface area contributed by atoms with Gasteiger partial charge in [0.05, 0.1) is 23.9 Å². The third-order valence-electron chi connectivity index (χ3n) is 6.02. The first-order valence-electron chi connectivity index (χ1n) is 10.6. The number of carboxylic acid groups (broad SMARTS) is 1. The third kappa shape index (κ3) is 4.30. The van der Waals surface area contributed by atoms with Crippen molar-refractivity contribution in [2.24, 2.45) is 0 Å². The lowest BCUT2D eigenvalue weighted by Gasteiger charge is -2.21. The molecule has 0 spiro atoms. The van der Waals surface area contributed by atoms with E-state index in [-0.39, 0.29) is 11.3 Å². The minimum absolute atomic E-state index is 0.0603. The number of hydrogen-bond donors (Lipinski definition) is 2. The summed E-state index contributed by atoms with van der Waals surface area (Å²) in [6.45, 7) is 3.81. The number of aryl methyl sites for hydroxylation is 1. The Bertz CT molecular complexity index is 1160. The summed E-state index contributed by atoms with van der Waals surface area (Å²) in [6.07, 6.45) is 1.01. The van der Waals surface area contributed by atoms with Crippen LogP contribution in [0.1, 0.15) is 44.2 Å². The Hall–Kier alpha value is -3.80. The summed E-state index contributed by atoms with van der Waals surface area (Å²) in [5.41, 5.74) is 4.12. The summed E-state index contributed by atoms with van der Waals surface area (Å²) in [4.78, 5) is 26.9. The number of anilines is 2. The molecular formula is C26H26N2O4. The van der Waals surface area contributed by atoms with E-state index >= 15 is 0 Å². The predicted octanol–water partition coefficient (Wildman–Crippen LogP) is 4.95. The molecule has 0 bridgehead atoms. The molecule has 0 aliphatic carbocycles. The fourth-order valence-electron chi connectivity index (χ4n) is 4.33. The van der Waals surface area contributed by atoms with Crippen LogP contribution in [0.15, 0.2) is 66.7 Å². The van der Waals surface area contributed by atoms with E-state index in [1.807, 2.05) is 12.1 Å². The zero-order valence-corrected chi connectivity index (χ0v) is 18.2. The van der Waals surface area contributed by atoms with Crippen LogP contribution < -0.4 is 15.0 Å².